The highest BCUT2D eigenvalue weighted by Gasteiger charge is 2.57. The molecule has 0 radical (unpaired) electrons. The van der Waals surface area contributed by atoms with Crippen LogP contribution in [0.3, 0.4) is 0 Å². The van der Waals surface area contributed by atoms with Gasteiger partial charge in [-0.1, -0.05) is 71.9 Å². The summed E-state index contributed by atoms with van der Waals surface area (Å²) < 4.78 is 103. The molecule has 0 bridgehead atoms. The van der Waals surface area contributed by atoms with Crippen molar-refractivity contribution in [2.75, 3.05) is 44.2 Å². The highest BCUT2D eigenvalue weighted by Crippen LogP contribution is 2.55. The van der Waals surface area contributed by atoms with E-state index in [1.165, 1.54) is 0 Å². The summed E-state index contributed by atoms with van der Waals surface area (Å²) in [5.41, 5.74) is -7.07. The highest BCUT2D eigenvalue weighted by atomic mass is 32.2. The number of rotatable bonds is 12. The summed E-state index contributed by atoms with van der Waals surface area (Å²) in [5.74, 6) is 0. The molecule has 3 rings (SSSR count). The van der Waals surface area contributed by atoms with Crippen LogP contribution in [0.25, 0.3) is 0 Å². The van der Waals surface area contributed by atoms with Crippen molar-refractivity contribution in [3.05, 3.63) is 54.1 Å². The lowest BCUT2D eigenvalue weighted by molar-refractivity contribution is -0.0917. The van der Waals surface area contributed by atoms with E-state index >= 15 is 0 Å². The van der Waals surface area contributed by atoms with E-state index in [9.17, 15) is 44.4 Å². The van der Waals surface area contributed by atoms with Crippen LogP contribution in [-0.2, 0) is 30.8 Å². The van der Waals surface area contributed by atoms with Crippen LogP contribution in [0.15, 0.2) is 58.3 Å². The van der Waals surface area contributed by atoms with Gasteiger partial charge in [-0.3, -0.25) is 9.46 Å². The number of halogens is 3. The third kappa shape index (κ3) is 9.39. The first-order chi connectivity index (χ1) is 21.7. The van der Waals surface area contributed by atoms with Gasteiger partial charge in [0.1, 0.15) is 4.90 Å². The van der Waals surface area contributed by atoms with Crippen molar-refractivity contribution < 1.29 is 44.4 Å². The minimum absolute atomic E-state index is 0.302. The van der Waals surface area contributed by atoms with Crippen LogP contribution in [0.5, 0.6) is 0 Å². The Bertz CT molecular complexity index is 1670. The number of nitrogens with zero attached hydrogens (tertiary/aromatic N) is 2. The molecule has 17 heteroatoms. The number of sulfonamides is 1. The quantitative estimate of drug-likeness (QED) is 0.225. The molecule has 1 saturated heterocycles. The number of piperazine rings is 1. The van der Waals surface area contributed by atoms with Crippen molar-refractivity contribution in [3.63, 3.8) is 0 Å². The lowest BCUT2D eigenvalue weighted by atomic mass is 9.59. The third-order valence-corrected chi connectivity index (χ3v) is 12.5. The molecule has 11 nitrogen and oxygen atoms in total. The SMILES string of the molecule is CC(C)(C)C(CP(=O)(O)O)(N1CCN(CC[C@@H](Cc2ccccc2)Nc2ccc(S(N)(=O)=O)cc2S(=O)(=O)C(F)(F)F)CC1)C(C)(C)C. The normalized spacial score (nSPS) is 17.3. The van der Waals surface area contributed by atoms with Gasteiger partial charge in [0.2, 0.25) is 10.0 Å². The second kappa shape index (κ2) is 14.3. The monoisotopic (exact) mass is 740 g/mol. The van der Waals surface area contributed by atoms with E-state index in [2.05, 4.69) is 15.1 Å². The minimum Gasteiger partial charge on any atom is -0.381 e. The maximum atomic E-state index is 13.7. The molecule has 0 amide bonds. The summed E-state index contributed by atoms with van der Waals surface area (Å²) in [6.45, 7) is 14.6. The molecule has 2 aromatic carbocycles. The van der Waals surface area contributed by atoms with E-state index in [-0.39, 0.29) is 6.16 Å². The molecule has 0 saturated carbocycles. The molecule has 2 aromatic rings. The topological polar surface area (TPSA) is 170 Å². The van der Waals surface area contributed by atoms with E-state index in [1.807, 2.05) is 59.7 Å². The molecule has 0 aromatic heterocycles. The van der Waals surface area contributed by atoms with Gasteiger partial charge < -0.3 is 20.0 Å². The first-order valence-corrected chi connectivity index (χ1v) is 20.3. The van der Waals surface area contributed by atoms with Gasteiger partial charge in [-0.15, -0.1) is 0 Å². The second-order valence-corrected chi connectivity index (χ2v) is 19.6. The maximum Gasteiger partial charge on any atom is 0.501 e. The van der Waals surface area contributed by atoms with Crippen LogP contribution < -0.4 is 10.5 Å². The predicted octanol–water partition coefficient (Wildman–Crippen LogP) is 4.67. The third-order valence-electron chi connectivity index (χ3n) is 9.18. The van der Waals surface area contributed by atoms with Gasteiger partial charge in [0, 0.05) is 44.3 Å². The lowest BCUT2D eigenvalue weighted by Crippen LogP contribution is -2.69. The maximum absolute atomic E-state index is 13.7. The Hall–Kier alpha value is -2.04. The summed E-state index contributed by atoms with van der Waals surface area (Å²) in [6.07, 6.45) is 0.398. The van der Waals surface area contributed by atoms with Gasteiger partial charge in [-0.2, -0.15) is 13.2 Å². The zero-order chi connectivity index (χ0) is 36.6. The number of benzene rings is 2. The molecule has 5 N–H and O–H groups in total. The van der Waals surface area contributed by atoms with Crippen LogP contribution >= 0.6 is 7.60 Å². The van der Waals surface area contributed by atoms with E-state index in [1.54, 1.807) is 12.1 Å². The lowest BCUT2D eigenvalue weighted by Gasteiger charge is -2.61. The Morgan fingerprint density at radius 1 is 0.896 bits per heavy atom. The summed E-state index contributed by atoms with van der Waals surface area (Å²) >= 11 is 0. The number of anilines is 1. The summed E-state index contributed by atoms with van der Waals surface area (Å²) in [4.78, 5) is 22.6. The van der Waals surface area contributed by atoms with E-state index in [4.69, 9.17) is 5.14 Å². The number of hydrogen-bond donors (Lipinski definition) is 4. The molecule has 1 atom stereocenters. The molecule has 0 unspecified atom stereocenters. The standard InChI is InChI=1S/C31H48F3N4O7PS2/c1-28(2,3)30(29(4,5)6,22-46(39,40)41)38-18-16-37(17-19-38)15-14-24(20-23-10-8-7-9-11-23)36-26-13-12-25(48(35,44)45)21-27(26)47(42,43)31(32,33)34/h7-13,21,24,36H,14-20,22H2,1-6H3,(H2,35,44,45)(H2,39,40,41)/t24-/m0/s1. The Morgan fingerprint density at radius 2 is 1.44 bits per heavy atom. The zero-order valence-electron chi connectivity index (χ0n) is 28.2. The van der Waals surface area contributed by atoms with E-state index in [0.717, 1.165) is 17.7 Å². The summed E-state index contributed by atoms with van der Waals surface area (Å²) in [5, 5.41) is 8.06. The largest absolute Gasteiger partial charge is 0.501 e. The number of hydrogen-bond acceptors (Lipinski definition) is 8. The molecule has 0 aliphatic carbocycles. The predicted molar refractivity (Wildman–Crippen MR) is 180 cm³/mol. The van der Waals surface area contributed by atoms with Crippen molar-refractivity contribution >= 4 is 33.1 Å². The molecule has 48 heavy (non-hydrogen) atoms. The molecule has 0 spiro atoms. The molecular weight excluding hydrogens is 692 g/mol. The fraction of sp³-hybridized carbons (Fsp3) is 0.613. The Morgan fingerprint density at radius 3 is 1.90 bits per heavy atom. The zero-order valence-corrected chi connectivity index (χ0v) is 30.7. The van der Waals surface area contributed by atoms with Crippen molar-refractivity contribution in [2.45, 2.75) is 81.3 Å². The fourth-order valence-electron chi connectivity index (χ4n) is 7.13. The first kappa shape index (κ1) is 40.4. The van der Waals surface area contributed by atoms with Gasteiger partial charge >= 0.3 is 13.1 Å². The number of sulfone groups is 1. The average Bonchev–Trinajstić information content (AvgIpc) is 2.92. The average molecular weight is 741 g/mol. The second-order valence-electron chi connectivity index (χ2n) is 14.5. The Balaban J connectivity index is 1.90. The van der Waals surface area contributed by atoms with Gasteiger partial charge in [-0.25, -0.2) is 22.0 Å². The van der Waals surface area contributed by atoms with Crippen molar-refractivity contribution in [1.29, 1.82) is 0 Å². The number of nitrogens with one attached hydrogen (secondary N) is 1. The number of nitrogens with two attached hydrogens (primary N) is 1. The van der Waals surface area contributed by atoms with Crippen LogP contribution in [-0.4, -0.2) is 92.4 Å². The minimum atomic E-state index is -5.96. The van der Waals surface area contributed by atoms with Gasteiger partial charge in [0.25, 0.3) is 9.84 Å². The number of primary sulfonamides is 1. The van der Waals surface area contributed by atoms with Crippen LogP contribution in [0.2, 0.25) is 0 Å². The molecule has 1 fully saturated rings. The molecule has 1 aliphatic rings. The first-order valence-electron chi connectivity index (χ1n) is 15.5. The molecular formula is C31H48F3N4O7PS2. The number of alkyl halides is 3. The van der Waals surface area contributed by atoms with Gasteiger partial charge in [-0.05, 0) is 47.4 Å². The van der Waals surface area contributed by atoms with Crippen molar-refractivity contribution in [1.82, 2.24) is 9.80 Å². The van der Waals surface area contributed by atoms with Crippen molar-refractivity contribution in [3.8, 4) is 0 Å². The fourth-order valence-corrected chi connectivity index (χ4v) is 10.4. The molecule has 1 aliphatic heterocycles. The Kier molecular flexibility index (Phi) is 12.0. The van der Waals surface area contributed by atoms with E-state index in [0.29, 0.717) is 51.6 Å². The van der Waals surface area contributed by atoms with Crippen LogP contribution in [0.1, 0.15) is 53.5 Å². The van der Waals surface area contributed by atoms with Gasteiger partial charge in [0.05, 0.1) is 16.7 Å². The molecule has 272 valence electrons. The summed E-state index contributed by atoms with van der Waals surface area (Å²) in [6, 6.07) is 10.9. The van der Waals surface area contributed by atoms with Crippen LogP contribution in [0, 0.1) is 10.8 Å². The Labute approximate surface area is 282 Å². The van der Waals surface area contributed by atoms with Crippen LogP contribution in [0.4, 0.5) is 18.9 Å². The molecule has 1 heterocycles. The smallest absolute Gasteiger partial charge is 0.381 e. The van der Waals surface area contributed by atoms with Gasteiger partial charge in [0.15, 0.2) is 0 Å². The van der Waals surface area contributed by atoms with E-state index < -0.39 is 70.9 Å². The van der Waals surface area contributed by atoms with Crippen molar-refractivity contribution in [2.24, 2.45) is 16.0 Å². The summed E-state index contributed by atoms with van der Waals surface area (Å²) in [7, 11) is -14.9. The highest BCUT2D eigenvalue weighted by molar-refractivity contribution is 7.92.